The first-order valence-electron chi connectivity index (χ1n) is 7.45. The van der Waals surface area contributed by atoms with E-state index in [4.69, 9.17) is 14.2 Å². The van der Waals surface area contributed by atoms with Crippen molar-refractivity contribution in [2.75, 3.05) is 25.6 Å². The van der Waals surface area contributed by atoms with Crippen LogP contribution in [0.2, 0.25) is 0 Å². The molecule has 4 nitrogen and oxygen atoms in total. The Labute approximate surface area is 121 Å². The lowest BCUT2D eigenvalue weighted by molar-refractivity contribution is 0.00925. The van der Waals surface area contributed by atoms with Gasteiger partial charge in [-0.3, -0.25) is 0 Å². The molecule has 2 rings (SSSR count). The first-order chi connectivity index (χ1) is 9.76. The zero-order chi connectivity index (χ0) is 14.4. The maximum Gasteiger partial charge on any atom is 0.163 e. The lowest BCUT2D eigenvalue weighted by Gasteiger charge is -2.30. The molecule has 20 heavy (non-hydrogen) atoms. The van der Waals surface area contributed by atoms with Gasteiger partial charge in [0.1, 0.15) is 0 Å². The van der Waals surface area contributed by atoms with Crippen molar-refractivity contribution < 1.29 is 14.2 Å². The van der Waals surface area contributed by atoms with E-state index in [9.17, 15) is 0 Å². The fourth-order valence-electron chi connectivity index (χ4n) is 2.57. The Kier molecular flexibility index (Phi) is 5.53. The molecule has 0 saturated carbocycles. The van der Waals surface area contributed by atoms with Gasteiger partial charge in [0, 0.05) is 24.4 Å². The number of ether oxygens (including phenoxy) is 3. The largest absolute Gasteiger partial charge is 0.493 e. The van der Waals surface area contributed by atoms with Gasteiger partial charge in [-0.25, -0.2) is 0 Å². The van der Waals surface area contributed by atoms with Crippen LogP contribution in [0.4, 0.5) is 5.69 Å². The summed E-state index contributed by atoms with van der Waals surface area (Å²) in [6.45, 7) is 5.62. The molecule has 0 spiro atoms. The number of hydrogen-bond donors (Lipinski definition) is 1. The molecule has 2 unspecified atom stereocenters. The highest BCUT2D eigenvalue weighted by molar-refractivity contribution is 5.55. The summed E-state index contributed by atoms with van der Waals surface area (Å²) >= 11 is 0. The van der Waals surface area contributed by atoms with Crippen LogP contribution >= 0.6 is 0 Å². The lowest BCUT2D eigenvalue weighted by Crippen LogP contribution is -2.33. The fourth-order valence-corrected chi connectivity index (χ4v) is 2.57. The van der Waals surface area contributed by atoms with Crippen LogP contribution in [0.25, 0.3) is 0 Å². The second-order valence-electron chi connectivity index (χ2n) is 5.07. The lowest BCUT2D eigenvalue weighted by atomic mass is 10.0. The Morgan fingerprint density at radius 2 is 2.15 bits per heavy atom. The Bertz CT molecular complexity index is 422. The molecule has 1 heterocycles. The van der Waals surface area contributed by atoms with Gasteiger partial charge in [-0.2, -0.15) is 0 Å². The van der Waals surface area contributed by atoms with Crippen LogP contribution in [0.15, 0.2) is 18.2 Å². The number of hydrogen-bond acceptors (Lipinski definition) is 4. The molecule has 1 aliphatic rings. The quantitative estimate of drug-likeness (QED) is 0.865. The molecule has 0 radical (unpaired) electrons. The summed E-state index contributed by atoms with van der Waals surface area (Å²) in [5.74, 6) is 1.56. The van der Waals surface area contributed by atoms with Crippen LogP contribution in [-0.2, 0) is 4.74 Å². The van der Waals surface area contributed by atoms with E-state index in [2.05, 4.69) is 12.2 Å². The predicted molar refractivity (Wildman–Crippen MR) is 80.8 cm³/mol. The van der Waals surface area contributed by atoms with E-state index in [-0.39, 0.29) is 0 Å². The van der Waals surface area contributed by atoms with Crippen LogP contribution < -0.4 is 14.8 Å². The highest BCUT2D eigenvalue weighted by atomic mass is 16.5. The molecule has 1 fully saturated rings. The van der Waals surface area contributed by atoms with Crippen LogP contribution in [0.3, 0.4) is 0 Å². The Morgan fingerprint density at radius 1 is 1.30 bits per heavy atom. The van der Waals surface area contributed by atoms with Crippen molar-refractivity contribution in [1.29, 1.82) is 0 Å². The van der Waals surface area contributed by atoms with Gasteiger partial charge >= 0.3 is 0 Å². The minimum atomic E-state index is 0.380. The molecule has 1 aliphatic heterocycles. The summed E-state index contributed by atoms with van der Waals surface area (Å²) in [7, 11) is 1.66. The molecular weight excluding hydrogens is 254 g/mol. The smallest absolute Gasteiger partial charge is 0.163 e. The van der Waals surface area contributed by atoms with Crippen molar-refractivity contribution in [2.45, 2.75) is 45.3 Å². The van der Waals surface area contributed by atoms with Crippen molar-refractivity contribution in [3.05, 3.63) is 18.2 Å². The third kappa shape index (κ3) is 3.79. The van der Waals surface area contributed by atoms with Crippen molar-refractivity contribution in [3.63, 3.8) is 0 Å². The van der Waals surface area contributed by atoms with Crippen LogP contribution in [-0.4, -0.2) is 32.5 Å². The second kappa shape index (κ2) is 7.39. The summed E-state index contributed by atoms with van der Waals surface area (Å²) in [5.41, 5.74) is 1.08. The second-order valence-corrected chi connectivity index (χ2v) is 5.07. The summed E-state index contributed by atoms with van der Waals surface area (Å²) in [4.78, 5) is 0. The number of anilines is 1. The maximum atomic E-state index is 5.71. The summed E-state index contributed by atoms with van der Waals surface area (Å²) in [6.07, 6.45) is 3.56. The third-order valence-corrected chi connectivity index (χ3v) is 3.66. The van der Waals surface area contributed by atoms with E-state index in [0.717, 1.165) is 43.1 Å². The highest BCUT2D eigenvalue weighted by Crippen LogP contribution is 2.31. The number of nitrogens with one attached hydrogen (secondary N) is 1. The van der Waals surface area contributed by atoms with E-state index in [0.29, 0.717) is 18.8 Å². The summed E-state index contributed by atoms with van der Waals surface area (Å²) < 4.78 is 16.6. The predicted octanol–water partition coefficient (Wildman–Crippen LogP) is 3.46. The van der Waals surface area contributed by atoms with E-state index in [1.165, 1.54) is 0 Å². The summed E-state index contributed by atoms with van der Waals surface area (Å²) in [5, 5.41) is 3.58. The zero-order valence-corrected chi connectivity index (χ0v) is 12.6. The van der Waals surface area contributed by atoms with Crippen molar-refractivity contribution in [2.24, 2.45) is 0 Å². The topological polar surface area (TPSA) is 39.7 Å². The fraction of sp³-hybridized carbons (Fsp3) is 0.625. The Balaban J connectivity index is 2.03. The van der Waals surface area contributed by atoms with Crippen molar-refractivity contribution in [3.8, 4) is 11.5 Å². The SMILES string of the molecule is CCOc1cc(NC2CCOC(CC)C2)ccc1OC. The molecule has 1 saturated heterocycles. The van der Waals surface area contributed by atoms with Gasteiger partial charge in [0.25, 0.3) is 0 Å². The van der Waals surface area contributed by atoms with E-state index in [1.807, 2.05) is 25.1 Å². The molecule has 0 aromatic heterocycles. The number of methoxy groups -OCH3 is 1. The van der Waals surface area contributed by atoms with E-state index >= 15 is 0 Å². The number of benzene rings is 1. The standard InChI is InChI=1S/C16H25NO3/c1-4-14-10-13(8-9-20-14)17-12-6-7-15(18-3)16(11-12)19-5-2/h6-7,11,13-14,17H,4-5,8-10H2,1-3H3. The zero-order valence-electron chi connectivity index (χ0n) is 12.6. The van der Waals surface area contributed by atoms with Gasteiger partial charge < -0.3 is 19.5 Å². The minimum Gasteiger partial charge on any atom is -0.493 e. The van der Waals surface area contributed by atoms with Crippen LogP contribution in [0, 0.1) is 0 Å². The molecule has 0 bridgehead atoms. The molecular formula is C16H25NO3. The Morgan fingerprint density at radius 3 is 2.85 bits per heavy atom. The van der Waals surface area contributed by atoms with Gasteiger partial charge in [-0.1, -0.05) is 6.92 Å². The molecule has 1 aromatic rings. The van der Waals surface area contributed by atoms with Crippen molar-refractivity contribution in [1.82, 2.24) is 0 Å². The van der Waals surface area contributed by atoms with Crippen LogP contribution in [0.5, 0.6) is 11.5 Å². The van der Waals surface area contributed by atoms with Gasteiger partial charge in [0.2, 0.25) is 0 Å². The highest BCUT2D eigenvalue weighted by Gasteiger charge is 2.21. The first-order valence-corrected chi connectivity index (χ1v) is 7.45. The molecule has 112 valence electrons. The van der Waals surface area contributed by atoms with Gasteiger partial charge in [-0.05, 0) is 38.3 Å². The van der Waals surface area contributed by atoms with E-state index in [1.54, 1.807) is 7.11 Å². The average molecular weight is 279 g/mol. The molecule has 1 N–H and O–H groups in total. The third-order valence-electron chi connectivity index (χ3n) is 3.66. The average Bonchev–Trinajstić information content (AvgIpc) is 2.48. The molecule has 2 atom stereocenters. The van der Waals surface area contributed by atoms with Gasteiger partial charge in [0.15, 0.2) is 11.5 Å². The van der Waals surface area contributed by atoms with Crippen molar-refractivity contribution >= 4 is 5.69 Å². The van der Waals surface area contributed by atoms with E-state index < -0.39 is 0 Å². The Hall–Kier alpha value is -1.42. The number of rotatable bonds is 6. The molecule has 0 amide bonds. The molecule has 4 heteroatoms. The monoisotopic (exact) mass is 279 g/mol. The summed E-state index contributed by atoms with van der Waals surface area (Å²) in [6, 6.07) is 6.47. The molecule has 0 aliphatic carbocycles. The molecule has 1 aromatic carbocycles. The van der Waals surface area contributed by atoms with Gasteiger partial charge in [0.05, 0.1) is 19.8 Å². The maximum absolute atomic E-state index is 5.71. The van der Waals surface area contributed by atoms with Crippen LogP contribution in [0.1, 0.15) is 33.1 Å². The normalized spacial score (nSPS) is 22.4. The minimum absolute atomic E-state index is 0.380. The van der Waals surface area contributed by atoms with Gasteiger partial charge in [-0.15, -0.1) is 0 Å². The first kappa shape index (κ1) is 15.0.